The smallest absolute Gasteiger partial charge is 0.0587 e. The quantitative estimate of drug-likeness (QED) is 0.257. The van der Waals surface area contributed by atoms with E-state index < -0.39 is 0 Å². The molecule has 0 aromatic rings. The van der Waals surface area contributed by atoms with Crippen molar-refractivity contribution in [2.24, 2.45) is 4.99 Å². The largest absolute Gasteiger partial charge is 0.229 e. The fourth-order valence-electron chi connectivity index (χ4n) is 0.712. The highest BCUT2D eigenvalue weighted by Crippen LogP contribution is 2.02. The van der Waals surface area contributed by atoms with Gasteiger partial charge in [-0.05, 0) is 38.4 Å². The standard InChI is InChI=1S/C8H13NS/c1-3-4-5-6-8(2)9-7-10/h3,8H,1,4-6H2,2H3. The summed E-state index contributed by atoms with van der Waals surface area (Å²) in [5.41, 5.74) is 0. The zero-order valence-electron chi connectivity index (χ0n) is 6.34. The van der Waals surface area contributed by atoms with E-state index in [9.17, 15) is 0 Å². The van der Waals surface area contributed by atoms with Gasteiger partial charge in [0.05, 0.1) is 11.2 Å². The fourth-order valence-corrected chi connectivity index (χ4v) is 0.892. The van der Waals surface area contributed by atoms with E-state index >= 15 is 0 Å². The predicted molar refractivity (Wildman–Crippen MR) is 48.5 cm³/mol. The van der Waals surface area contributed by atoms with Gasteiger partial charge in [-0.15, -0.1) is 6.58 Å². The Morgan fingerprint density at radius 3 is 3.00 bits per heavy atom. The summed E-state index contributed by atoms with van der Waals surface area (Å²) < 4.78 is 0. The monoisotopic (exact) mass is 155 g/mol. The van der Waals surface area contributed by atoms with Crippen molar-refractivity contribution in [2.45, 2.75) is 32.2 Å². The molecular formula is C8H13NS. The molecule has 1 unspecified atom stereocenters. The van der Waals surface area contributed by atoms with Gasteiger partial charge in [0, 0.05) is 0 Å². The molecule has 10 heavy (non-hydrogen) atoms. The van der Waals surface area contributed by atoms with E-state index in [1.54, 1.807) is 0 Å². The minimum absolute atomic E-state index is 0.331. The lowest BCUT2D eigenvalue weighted by Crippen LogP contribution is -1.95. The van der Waals surface area contributed by atoms with Crippen LogP contribution in [0.15, 0.2) is 17.6 Å². The lowest BCUT2D eigenvalue weighted by molar-refractivity contribution is 0.636. The van der Waals surface area contributed by atoms with Gasteiger partial charge in [-0.1, -0.05) is 6.08 Å². The highest BCUT2D eigenvalue weighted by molar-refractivity contribution is 7.78. The van der Waals surface area contributed by atoms with Crippen LogP contribution in [0.2, 0.25) is 0 Å². The second kappa shape index (κ2) is 6.66. The van der Waals surface area contributed by atoms with Crippen LogP contribution in [0.1, 0.15) is 26.2 Å². The number of nitrogens with zero attached hydrogens (tertiary/aromatic N) is 1. The summed E-state index contributed by atoms with van der Waals surface area (Å²) in [6, 6.07) is 0.331. The molecule has 56 valence electrons. The Kier molecular flexibility index (Phi) is 6.35. The number of unbranched alkanes of at least 4 members (excludes halogenated alkanes) is 1. The second-order valence-corrected chi connectivity index (χ2v) is 2.47. The van der Waals surface area contributed by atoms with E-state index in [1.807, 2.05) is 13.0 Å². The molecule has 0 aliphatic rings. The first-order valence-corrected chi connectivity index (χ1v) is 3.90. The summed E-state index contributed by atoms with van der Waals surface area (Å²) in [6.45, 7) is 5.68. The molecule has 2 heteroatoms. The molecule has 0 spiro atoms. The van der Waals surface area contributed by atoms with Crippen LogP contribution in [-0.2, 0) is 0 Å². The van der Waals surface area contributed by atoms with Gasteiger partial charge in [0.25, 0.3) is 0 Å². The molecule has 1 atom stereocenters. The Morgan fingerprint density at radius 2 is 2.50 bits per heavy atom. The molecule has 1 nitrogen and oxygen atoms in total. The summed E-state index contributed by atoms with van der Waals surface area (Å²) in [5.74, 6) is 0. The van der Waals surface area contributed by atoms with E-state index in [2.05, 4.69) is 29.0 Å². The zero-order valence-corrected chi connectivity index (χ0v) is 7.16. The van der Waals surface area contributed by atoms with E-state index in [4.69, 9.17) is 0 Å². The normalized spacial score (nSPS) is 11.7. The third-order valence-electron chi connectivity index (χ3n) is 1.30. The number of rotatable bonds is 5. The molecule has 0 aromatic heterocycles. The van der Waals surface area contributed by atoms with Crippen molar-refractivity contribution in [2.75, 3.05) is 0 Å². The van der Waals surface area contributed by atoms with Crippen LogP contribution in [0.3, 0.4) is 0 Å². The van der Waals surface area contributed by atoms with Crippen molar-refractivity contribution >= 4 is 17.4 Å². The zero-order chi connectivity index (χ0) is 7.82. The first kappa shape index (κ1) is 9.54. The Hall–Kier alpha value is -0.460. The second-order valence-electron chi connectivity index (χ2n) is 2.29. The third kappa shape index (κ3) is 5.67. The molecule has 0 saturated carbocycles. The van der Waals surface area contributed by atoms with Gasteiger partial charge < -0.3 is 0 Å². The van der Waals surface area contributed by atoms with Crippen LogP contribution in [-0.4, -0.2) is 11.2 Å². The lowest BCUT2D eigenvalue weighted by Gasteiger charge is -2.00. The van der Waals surface area contributed by atoms with Gasteiger partial charge in [-0.2, -0.15) is 0 Å². The number of thiocarbonyl (C=S) groups is 1. The molecule has 0 radical (unpaired) electrons. The lowest BCUT2D eigenvalue weighted by atomic mass is 10.1. The third-order valence-corrected chi connectivity index (χ3v) is 1.41. The summed E-state index contributed by atoms with van der Waals surface area (Å²) in [4.78, 5) is 3.93. The van der Waals surface area contributed by atoms with Crippen LogP contribution < -0.4 is 0 Å². The molecular weight excluding hydrogens is 142 g/mol. The van der Waals surface area contributed by atoms with Gasteiger partial charge in [0.15, 0.2) is 0 Å². The first-order valence-electron chi connectivity index (χ1n) is 3.49. The number of aliphatic imine (C=N–C) groups is 1. The van der Waals surface area contributed by atoms with Crippen LogP contribution in [0.5, 0.6) is 0 Å². The predicted octanol–water partition coefficient (Wildman–Crippen LogP) is 2.83. The topological polar surface area (TPSA) is 12.4 Å². The van der Waals surface area contributed by atoms with Gasteiger partial charge in [-0.3, -0.25) is 0 Å². The fraction of sp³-hybridized carbons (Fsp3) is 0.625. The average Bonchev–Trinajstić information content (AvgIpc) is 1.89. The van der Waals surface area contributed by atoms with Crippen molar-refractivity contribution < 1.29 is 0 Å². The summed E-state index contributed by atoms with van der Waals surface area (Å²) >= 11 is 4.47. The maximum atomic E-state index is 4.47. The molecule has 0 saturated heterocycles. The molecule has 0 aliphatic carbocycles. The minimum Gasteiger partial charge on any atom is -0.229 e. The van der Waals surface area contributed by atoms with Crippen LogP contribution >= 0.6 is 12.2 Å². The minimum atomic E-state index is 0.331. The van der Waals surface area contributed by atoms with Crippen molar-refractivity contribution in [1.82, 2.24) is 0 Å². The SMILES string of the molecule is C=CCCCC(C)N=C=S. The van der Waals surface area contributed by atoms with Crippen LogP contribution in [0.4, 0.5) is 0 Å². The van der Waals surface area contributed by atoms with E-state index in [0.717, 1.165) is 19.3 Å². The van der Waals surface area contributed by atoms with Crippen LogP contribution in [0, 0.1) is 0 Å². The Morgan fingerprint density at radius 1 is 1.80 bits per heavy atom. The molecule has 0 fully saturated rings. The first-order chi connectivity index (χ1) is 4.81. The van der Waals surface area contributed by atoms with Gasteiger partial charge >= 0.3 is 0 Å². The van der Waals surface area contributed by atoms with Crippen LogP contribution in [0.25, 0.3) is 0 Å². The van der Waals surface area contributed by atoms with Crippen molar-refractivity contribution in [3.63, 3.8) is 0 Å². The molecule has 0 amide bonds. The highest BCUT2D eigenvalue weighted by Gasteiger charge is 1.94. The molecule has 0 rings (SSSR count). The van der Waals surface area contributed by atoms with Crippen molar-refractivity contribution in [3.8, 4) is 0 Å². The molecule has 0 heterocycles. The molecule has 0 N–H and O–H groups in total. The van der Waals surface area contributed by atoms with Crippen molar-refractivity contribution in [3.05, 3.63) is 12.7 Å². The number of hydrogen-bond acceptors (Lipinski definition) is 2. The summed E-state index contributed by atoms with van der Waals surface area (Å²) in [7, 11) is 0. The van der Waals surface area contributed by atoms with Gasteiger partial charge in [0.1, 0.15) is 0 Å². The van der Waals surface area contributed by atoms with Gasteiger partial charge in [0.2, 0.25) is 0 Å². The number of allylic oxidation sites excluding steroid dienone is 1. The Balaban J connectivity index is 3.29. The molecule has 0 aliphatic heterocycles. The maximum absolute atomic E-state index is 4.47. The number of isothiocyanates is 1. The molecule has 0 aromatic carbocycles. The Bertz CT molecular complexity index is 136. The summed E-state index contributed by atoms with van der Waals surface area (Å²) in [5, 5.41) is 2.38. The summed E-state index contributed by atoms with van der Waals surface area (Å²) in [6.07, 6.45) is 5.21. The van der Waals surface area contributed by atoms with E-state index in [1.165, 1.54) is 0 Å². The van der Waals surface area contributed by atoms with E-state index in [0.29, 0.717) is 6.04 Å². The highest BCUT2D eigenvalue weighted by atomic mass is 32.1. The molecule has 0 bridgehead atoms. The van der Waals surface area contributed by atoms with Crippen molar-refractivity contribution in [1.29, 1.82) is 0 Å². The maximum Gasteiger partial charge on any atom is 0.0587 e. The Labute approximate surface area is 67.9 Å². The van der Waals surface area contributed by atoms with E-state index in [-0.39, 0.29) is 0 Å². The van der Waals surface area contributed by atoms with Gasteiger partial charge in [-0.25, -0.2) is 4.99 Å². The number of hydrogen-bond donors (Lipinski definition) is 0. The average molecular weight is 155 g/mol.